The van der Waals surface area contributed by atoms with E-state index in [9.17, 15) is 9.59 Å². The summed E-state index contributed by atoms with van der Waals surface area (Å²) in [6.45, 7) is 4.36. The van der Waals surface area contributed by atoms with Crippen LogP contribution < -0.4 is 5.73 Å². The molecule has 2 N–H and O–H groups in total. The predicted octanol–water partition coefficient (Wildman–Crippen LogP) is 0.899. The van der Waals surface area contributed by atoms with Gasteiger partial charge in [0.2, 0.25) is 11.8 Å². The highest BCUT2D eigenvalue weighted by Gasteiger charge is 2.30. The van der Waals surface area contributed by atoms with Crippen LogP contribution in [0.5, 0.6) is 0 Å². The van der Waals surface area contributed by atoms with Crippen molar-refractivity contribution in [3.05, 3.63) is 0 Å². The van der Waals surface area contributed by atoms with E-state index in [0.717, 1.165) is 12.8 Å². The largest absolute Gasteiger partial charge is 0.326 e. The number of likely N-dealkylation sites (tertiary alicyclic amines) is 1. The Balaban J connectivity index is 2.53. The standard InChI is InChI=1S/C11H20N2O2/c1-3-4-9(12)7-13-10(14)5-8(2)6-11(13)15/h8-9H,3-7,12H2,1-2H3. The Hall–Kier alpha value is -0.900. The van der Waals surface area contributed by atoms with E-state index < -0.39 is 0 Å². The van der Waals surface area contributed by atoms with Crippen molar-refractivity contribution in [3.8, 4) is 0 Å². The minimum absolute atomic E-state index is 0.0645. The SMILES string of the molecule is CCCC(N)CN1C(=O)CC(C)CC1=O. The van der Waals surface area contributed by atoms with E-state index in [-0.39, 0.29) is 23.8 Å². The van der Waals surface area contributed by atoms with Gasteiger partial charge in [-0.05, 0) is 12.3 Å². The van der Waals surface area contributed by atoms with E-state index in [0.29, 0.717) is 19.4 Å². The van der Waals surface area contributed by atoms with Crippen molar-refractivity contribution in [2.75, 3.05) is 6.54 Å². The van der Waals surface area contributed by atoms with E-state index in [1.54, 1.807) is 0 Å². The molecule has 4 heteroatoms. The molecule has 15 heavy (non-hydrogen) atoms. The highest BCUT2D eigenvalue weighted by molar-refractivity contribution is 5.97. The van der Waals surface area contributed by atoms with Crippen molar-refractivity contribution >= 4 is 11.8 Å². The Morgan fingerprint density at radius 2 is 1.93 bits per heavy atom. The summed E-state index contributed by atoms with van der Waals surface area (Å²) in [6.07, 6.45) is 2.79. The maximum Gasteiger partial charge on any atom is 0.229 e. The van der Waals surface area contributed by atoms with Gasteiger partial charge in [0.15, 0.2) is 0 Å². The molecule has 1 saturated heterocycles. The third-order valence-electron chi connectivity index (χ3n) is 2.72. The van der Waals surface area contributed by atoms with Gasteiger partial charge in [-0.25, -0.2) is 0 Å². The topological polar surface area (TPSA) is 63.4 Å². The van der Waals surface area contributed by atoms with Crippen molar-refractivity contribution < 1.29 is 9.59 Å². The fourth-order valence-corrected chi connectivity index (χ4v) is 1.93. The van der Waals surface area contributed by atoms with Crippen molar-refractivity contribution in [2.24, 2.45) is 11.7 Å². The molecule has 0 aromatic rings. The summed E-state index contributed by atoms with van der Waals surface area (Å²) in [7, 11) is 0. The number of hydrogen-bond donors (Lipinski definition) is 1. The second kappa shape index (κ2) is 5.26. The molecule has 1 aliphatic heterocycles. The Morgan fingerprint density at radius 1 is 1.40 bits per heavy atom. The van der Waals surface area contributed by atoms with Gasteiger partial charge in [-0.2, -0.15) is 0 Å². The van der Waals surface area contributed by atoms with E-state index >= 15 is 0 Å². The number of carbonyl (C=O) groups is 2. The summed E-state index contributed by atoms with van der Waals surface area (Å²) >= 11 is 0. The summed E-state index contributed by atoms with van der Waals surface area (Å²) in [6, 6.07) is -0.0729. The number of hydrogen-bond acceptors (Lipinski definition) is 3. The number of amides is 2. The first-order valence-corrected chi connectivity index (χ1v) is 5.63. The van der Waals surface area contributed by atoms with Crippen LogP contribution in [-0.2, 0) is 9.59 Å². The quantitative estimate of drug-likeness (QED) is 0.704. The molecule has 4 nitrogen and oxygen atoms in total. The normalized spacial score (nSPS) is 20.9. The maximum absolute atomic E-state index is 11.6. The Kier molecular flexibility index (Phi) is 4.27. The van der Waals surface area contributed by atoms with E-state index in [1.807, 2.05) is 13.8 Å². The Morgan fingerprint density at radius 3 is 2.40 bits per heavy atom. The van der Waals surface area contributed by atoms with Gasteiger partial charge in [-0.15, -0.1) is 0 Å². The predicted molar refractivity (Wildman–Crippen MR) is 58.0 cm³/mol. The van der Waals surface area contributed by atoms with Gasteiger partial charge in [0, 0.05) is 25.4 Å². The van der Waals surface area contributed by atoms with Crippen molar-refractivity contribution in [2.45, 2.75) is 45.6 Å². The van der Waals surface area contributed by atoms with E-state index in [1.165, 1.54) is 4.90 Å². The average Bonchev–Trinajstić information content (AvgIpc) is 2.11. The highest BCUT2D eigenvalue weighted by atomic mass is 16.2. The number of carbonyl (C=O) groups excluding carboxylic acids is 2. The van der Waals surface area contributed by atoms with Gasteiger partial charge in [0.1, 0.15) is 0 Å². The van der Waals surface area contributed by atoms with Crippen molar-refractivity contribution in [1.29, 1.82) is 0 Å². The molecule has 1 heterocycles. The van der Waals surface area contributed by atoms with Gasteiger partial charge in [0.05, 0.1) is 0 Å². The second-order valence-corrected chi connectivity index (χ2v) is 4.46. The van der Waals surface area contributed by atoms with Gasteiger partial charge in [0.25, 0.3) is 0 Å². The Bertz CT molecular complexity index is 235. The number of nitrogens with zero attached hydrogens (tertiary/aromatic N) is 1. The summed E-state index contributed by atoms with van der Waals surface area (Å²) in [5, 5.41) is 0. The van der Waals surface area contributed by atoms with Crippen LogP contribution >= 0.6 is 0 Å². The molecule has 0 aromatic carbocycles. The molecule has 0 radical (unpaired) electrons. The van der Waals surface area contributed by atoms with Crippen LogP contribution in [0.15, 0.2) is 0 Å². The number of piperidine rings is 1. The third kappa shape index (κ3) is 3.30. The molecule has 86 valence electrons. The molecular formula is C11H20N2O2. The summed E-state index contributed by atoms with van der Waals surface area (Å²) < 4.78 is 0. The molecule has 1 unspecified atom stereocenters. The van der Waals surface area contributed by atoms with Gasteiger partial charge < -0.3 is 5.73 Å². The summed E-state index contributed by atoms with van der Waals surface area (Å²) in [5.41, 5.74) is 5.83. The number of nitrogens with two attached hydrogens (primary N) is 1. The monoisotopic (exact) mass is 212 g/mol. The van der Waals surface area contributed by atoms with Crippen molar-refractivity contribution in [3.63, 3.8) is 0 Å². The number of imide groups is 1. The summed E-state index contributed by atoms with van der Waals surface area (Å²) in [5.74, 6) is 0.0549. The van der Waals surface area contributed by atoms with Crippen LogP contribution in [0.3, 0.4) is 0 Å². The molecule has 0 spiro atoms. The lowest BCUT2D eigenvalue weighted by atomic mass is 9.97. The third-order valence-corrected chi connectivity index (χ3v) is 2.72. The first kappa shape index (κ1) is 12.2. The zero-order valence-electron chi connectivity index (χ0n) is 9.53. The van der Waals surface area contributed by atoms with Crippen LogP contribution in [0.4, 0.5) is 0 Å². The lowest BCUT2D eigenvalue weighted by Crippen LogP contribution is -2.48. The van der Waals surface area contributed by atoms with Crippen LogP contribution in [-0.4, -0.2) is 29.3 Å². The molecule has 1 aliphatic rings. The van der Waals surface area contributed by atoms with Crippen LogP contribution in [0.1, 0.15) is 39.5 Å². The summed E-state index contributed by atoms with van der Waals surface area (Å²) in [4.78, 5) is 24.5. The lowest BCUT2D eigenvalue weighted by Gasteiger charge is -2.30. The molecule has 0 bridgehead atoms. The zero-order chi connectivity index (χ0) is 11.4. The lowest BCUT2D eigenvalue weighted by molar-refractivity contribution is -0.150. The fourth-order valence-electron chi connectivity index (χ4n) is 1.93. The Labute approximate surface area is 90.8 Å². The molecule has 0 aliphatic carbocycles. The molecule has 0 saturated carbocycles. The average molecular weight is 212 g/mol. The minimum atomic E-state index is -0.0729. The first-order chi connectivity index (χ1) is 7.04. The molecule has 1 rings (SSSR count). The van der Waals surface area contributed by atoms with Crippen LogP contribution in [0.2, 0.25) is 0 Å². The van der Waals surface area contributed by atoms with Crippen LogP contribution in [0.25, 0.3) is 0 Å². The highest BCUT2D eigenvalue weighted by Crippen LogP contribution is 2.19. The first-order valence-electron chi connectivity index (χ1n) is 5.63. The van der Waals surface area contributed by atoms with Crippen LogP contribution in [0, 0.1) is 5.92 Å². The van der Waals surface area contributed by atoms with Crippen molar-refractivity contribution in [1.82, 2.24) is 4.90 Å². The van der Waals surface area contributed by atoms with Gasteiger partial charge >= 0.3 is 0 Å². The molecule has 0 aromatic heterocycles. The zero-order valence-corrected chi connectivity index (χ0v) is 9.53. The maximum atomic E-state index is 11.6. The smallest absolute Gasteiger partial charge is 0.229 e. The fraction of sp³-hybridized carbons (Fsp3) is 0.818. The minimum Gasteiger partial charge on any atom is -0.326 e. The second-order valence-electron chi connectivity index (χ2n) is 4.46. The molecule has 1 fully saturated rings. The number of rotatable bonds is 4. The van der Waals surface area contributed by atoms with Gasteiger partial charge in [-0.3, -0.25) is 14.5 Å². The molecule has 1 atom stereocenters. The molecular weight excluding hydrogens is 192 g/mol. The van der Waals surface area contributed by atoms with E-state index in [2.05, 4.69) is 0 Å². The van der Waals surface area contributed by atoms with Gasteiger partial charge in [-0.1, -0.05) is 20.3 Å². The van der Waals surface area contributed by atoms with E-state index in [4.69, 9.17) is 5.73 Å². The molecule has 2 amide bonds.